The molecule has 0 radical (unpaired) electrons. The lowest BCUT2D eigenvalue weighted by Crippen LogP contribution is -2.35. The van der Waals surface area contributed by atoms with Crippen molar-refractivity contribution >= 4 is 11.9 Å². The molecule has 0 amide bonds. The summed E-state index contributed by atoms with van der Waals surface area (Å²) in [6.07, 6.45) is 4.63. The molecule has 0 aromatic carbocycles. The Labute approximate surface area is 107 Å². The summed E-state index contributed by atoms with van der Waals surface area (Å²) in [7, 11) is 0. The second-order valence-electron chi connectivity index (χ2n) is 4.23. The smallest absolute Gasteiger partial charge is 0.346 e. The van der Waals surface area contributed by atoms with Crippen molar-refractivity contribution < 1.29 is 24.1 Å². The van der Waals surface area contributed by atoms with E-state index >= 15 is 0 Å². The van der Waals surface area contributed by atoms with Gasteiger partial charge in [0.25, 0.3) is 0 Å². The summed E-state index contributed by atoms with van der Waals surface area (Å²) in [5, 5.41) is 0. The van der Waals surface area contributed by atoms with Crippen LogP contribution in [0.25, 0.3) is 0 Å². The third kappa shape index (κ3) is 4.14. The zero-order valence-corrected chi connectivity index (χ0v) is 10.7. The van der Waals surface area contributed by atoms with Gasteiger partial charge in [-0.15, -0.1) is 6.58 Å². The molecule has 1 fully saturated rings. The fraction of sp³-hybridized carbons (Fsp3) is 0.692. The molecule has 0 heterocycles. The van der Waals surface area contributed by atoms with Crippen molar-refractivity contribution in [2.45, 2.75) is 32.6 Å². The highest BCUT2D eigenvalue weighted by Gasteiger charge is 2.38. The SMILES string of the molecule is C=CCOOC(=O)C1CCCCC1C(=O)OCC. The van der Waals surface area contributed by atoms with E-state index in [1.807, 2.05) is 0 Å². The number of esters is 1. The number of carbonyl (C=O) groups excluding carboxylic acids is 2. The fourth-order valence-corrected chi connectivity index (χ4v) is 2.15. The van der Waals surface area contributed by atoms with Crippen LogP contribution in [-0.4, -0.2) is 25.2 Å². The highest BCUT2D eigenvalue weighted by Crippen LogP contribution is 2.32. The van der Waals surface area contributed by atoms with Crippen molar-refractivity contribution in [3.05, 3.63) is 12.7 Å². The molecule has 0 aliphatic heterocycles. The van der Waals surface area contributed by atoms with Crippen LogP contribution in [0.1, 0.15) is 32.6 Å². The molecule has 0 aromatic rings. The summed E-state index contributed by atoms with van der Waals surface area (Å²) < 4.78 is 4.98. The summed E-state index contributed by atoms with van der Waals surface area (Å²) >= 11 is 0. The van der Waals surface area contributed by atoms with Crippen LogP contribution in [0.3, 0.4) is 0 Å². The first-order valence-corrected chi connectivity index (χ1v) is 6.31. The van der Waals surface area contributed by atoms with E-state index in [4.69, 9.17) is 4.74 Å². The lowest BCUT2D eigenvalue weighted by atomic mass is 9.79. The molecule has 1 aliphatic carbocycles. The first kappa shape index (κ1) is 14.7. The van der Waals surface area contributed by atoms with Crippen LogP contribution in [0.2, 0.25) is 0 Å². The van der Waals surface area contributed by atoms with Gasteiger partial charge in [-0.25, -0.2) is 4.79 Å². The van der Waals surface area contributed by atoms with Gasteiger partial charge in [0.05, 0.1) is 18.4 Å². The summed E-state index contributed by atoms with van der Waals surface area (Å²) in [4.78, 5) is 32.9. The van der Waals surface area contributed by atoms with Crippen molar-refractivity contribution in [3.63, 3.8) is 0 Å². The number of carbonyl (C=O) groups is 2. The van der Waals surface area contributed by atoms with Crippen molar-refractivity contribution in [2.75, 3.05) is 13.2 Å². The Morgan fingerprint density at radius 1 is 1.22 bits per heavy atom. The molecule has 5 heteroatoms. The molecule has 1 rings (SSSR count). The minimum absolute atomic E-state index is 0.141. The van der Waals surface area contributed by atoms with Crippen molar-refractivity contribution in [1.82, 2.24) is 0 Å². The second kappa shape index (κ2) is 7.87. The highest BCUT2D eigenvalue weighted by atomic mass is 17.2. The molecular weight excluding hydrogens is 236 g/mol. The molecule has 0 saturated heterocycles. The number of hydrogen-bond acceptors (Lipinski definition) is 5. The fourth-order valence-electron chi connectivity index (χ4n) is 2.15. The largest absolute Gasteiger partial charge is 0.466 e. The maximum atomic E-state index is 11.8. The van der Waals surface area contributed by atoms with E-state index < -0.39 is 17.8 Å². The Kier molecular flexibility index (Phi) is 6.43. The van der Waals surface area contributed by atoms with E-state index in [9.17, 15) is 9.59 Å². The molecule has 0 N–H and O–H groups in total. The number of hydrogen-bond donors (Lipinski definition) is 0. The number of rotatable bonds is 6. The Morgan fingerprint density at radius 3 is 2.39 bits per heavy atom. The summed E-state index contributed by atoms with van der Waals surface area (Å²) in [6.45, 7) is 5.66. The normalized spacial score (nSPS) is 23.2. The molecule has 0 aromatic heterocycles. The van der Waals surface area contributed by atoms with Gasteiger partial charge in [0.2, 0.25) is 0 Å². The van der Waals surface area contributed by atoms with E-state index in [1.165, 1.54) is 6.08 Å². The monoisotopic (exact) mass is 256 g/mol. The Morgan fingerprint density at radius 2 is 1.83 bits per heavy atom. The molecular formula is C13H20O5. The van der Waals surface area contributed by atoms with Crippen LogP contribution >= 0.6 is 0 Å². The van der Waals surface area contributed by atoms with E-state index in [0.717, 1.165) is 12.8 Å². The van der Waals surface area contributed by atoms with Gasteiger partial charge in [-0.3, -0.25) is 9.68 Å². The third-order valence-corrected chi connectivity index (χ3v) is 2.99. The van der Waals surface area contributed by atoms with Crippen LogP contribution in [-0.2, 0) is 24.1 Å². The molecule has 0 spiro atoms. The first-order valence-electron chi connectivity index (χ1n) is 6.31. The van der Waals surface area contributed by atoms with Crippen molar-refractivity contribution in [1.29, 1.82) is 0 Å². The van der Waals surface area contributed by atoms with Gasteiger partial charge < -0.3 is 4.74 Å². The van der Waals surface area contributed by atoms with Crippen LogP contribution in [0.5, 0.6) is 0 Å². The molecule has 2 unspecified atom stereocenters. The van der Waals surface area contributed by atoms with Gasteiger partial charge >= 0.3 is 11.9 Å². The van der Waals surface area contributed by atoms with E-state index in [2.05, 4.69) is 16.4 Å². The number of ether oxygens (including phenoxy) is 1. The van der Waals surface area contributed by atoms with E-state index in [0.29, 0.717) is 19.4 Å². The molecule has 2 atom stereocenters. The highest BCUT2D eigenvalue weighted by molar-refractivity contribution is 5.82. The van der Waals surface area contributed by atoms with Crippen LogP contribution < -0.4 is 0 Å². The van der Waals surface area contributed by atoms with Gasteiger partial charge in [-0.2, -0.15) is 4.89 Å². The molecule has 0 bridgehead atoms. The van der Waals surface area contributed by atoms with Gasteiger partial charge in [-0.05, 0) is 19.8 Å². The van der Waals surface area contributed by atoms with Crippen LogP contribution in [0.15, 0.2) is 12.7 Å². The zero-order chi connectivity index (χ0) is 13.4. The minimum atomic E-state index is -0.491. The maximum absolute atomic E-state index is 11.8. The standard InChI is InChI=1S/C13H20O5/c1-3-9-17-18-13(15)11-8-6-5-7-10(11)12(14)16-4-2/h3,10-11H,1,4-9H2,2H3. The van der Waals surface area contributed by atoms with Crippen LogP contribution in [0, 0.1) is 11.8 Å². The Hall–Kier alpha value is -1.36. The van der Waals surface area contributed by atoms with Crippen molar-refractivity contribution in [2.24, 2.45) is 11.8 Å². The molecule has 5 nitrogen and oxygen atoms in total. The second-order valence-corrected chi connectivity index (χ2v) is 4.23. The predicted octanol–water partition coefficient (Wildman–Crippen LogP) is 2.02. The summed E-state index contributed by atoms with van der Waals surface area (Å²) in [5.41, 5.74) is 0. The summed E-state index contributed by atoms with van der Waals surface area (Å²) in [6, 6.07) is 0. The van der Waals surface area contributed by atoms with Gasteiger partial charge in [0.1, 0.15) is 6.61 Å². The van der Waals surface area contributed by atoms with Gasteiger partial charge in [0.15, 0.2) is 0 Å². The molecule has 1 saturated carbocycles. The van der Waals surface area contributed by atoms with Crippen molar-refractivity contribution in [3.8, 4) is 0 Å². The quantitative estimate of drug-likeness (QED) is 0.239. The topological polar surface area (TPSA) is 61.8 Å². The van der Waals surface area contributed by atoms with E-state index in [-0.39, 0.29) is 12.6 Å². The van der Waals surface area contributed by atoms with Gasteiger partial charge in [-0.1, -0.05) is 18.9 Å². The zero-order valence-electron chi connectivity index (χ0n) is 10.7. The molecule has 1 aliphatic rings. The first-order chi connectivity index (χ1) is 8.70. The summed E-state index contributed by atoms with van der Waals surface area (Å²) in [5.74, 6) is -1.67. The average molecular weight is 256 g/mol. The van der Waals surface area contributed by atoms with Crippen LogP contribution in [0.4, 0.5) is 0 Å². The Bertz CT molecular complexity index is 300. The van der Waals surface area contributed by atoms with E-state index in [1.54, 1.807) is 6.92 Å². The third-order valence-electron chi connectivity index (χ3n) is 2.99. The Balaban J connectivity index is 2.55. The predicted molar refractivity (Wildman–Crippen MR) is 64.3 cm³/mol. The average Bonchev–Trinajstić information content (AvgIpc) is 2.39. The molecule has 102 valence electrons. The minimum Gasteiger partial charge on any atom is -0.466 e. The van der Waals surface area contributed by atoms with Gasteiger partial charge in [0, 0.05) is 0 Å². The lowest BCUT2D eigenvalue weighted by molar-refractivity contribution is -0.271. The lowest BCUT2D eigenvalue weighted by Gasteiger charge is -2.27. The molecule has 18 heavy (non-hydrogen) atoms. The maximum Gasteiger partial charge on any atom is 0.346 e.